The van der Waals surface area contributed by atoms with E-state index in [0.717, 1.165) is 12.1 Å². The van der Waals surface area contributed by atoms with E-state index in [4.69, 9.17) is 5.26 Å². The molecule has 0 fully saturated rings. The van der Waals surface area contributed by atoms with Gasteiger partial charge in [0.2, 0.25) is 0 Å². The summed E-state index contributed by atoms with van der Waals surface area (Å²) in [6.07, 6.45) is 0.942. The minimum absolute atomic E-state index is 0.108. The van der Waals surface area contributed by atoms with Gasteiger partial charge >= 0.3 is 0 Å². The highest BCUT2D eigenvalue weighted by Gasteiger charge is 2.14. The fourth-order valence-electron chi connectivity index (χ4n) is 1.84. The maximum absolute atomic E-state index is 11.0. The first-order chi connectivity index (χ1) is 9.63. The first kappa shape index (κ1) is 13.6. The van der Waals surface area contributed by atoms with E-state index in [0.29, 0.717) is 5.69 Å². The van der Waals surface area contributed by atoms with Crippen LogP contribution in [0.1, 0.15) is 18.1 Å². The average molecular weight is 267 g/mol. The third-order valence-electron chi connectivity index (χ3n) is 2.96. The molecule has 0 aliphatic carbocycles. The van der Waals surface area contributed by atoms with Crippen LogP contribution in [0.2, 0.25) is 0 Å². The molecule has 100 valence electrons. The second-order valence-corrected chi connectivity index (χ2v) is 4.28. The van der Waals surface area contributed by atoms with Gasteiger partial charge in [0.25, 0.3) is 5.69 Å². The van der Waals surface area contributed by atoms with E-state index in [9.17, 15) is 10.1 Å². The first-order valence-electron chi connectivity index (χ1n) is 6.18. The SMILES string of the molecule is CCc1ccc(Nc2ccc(C#N)cc2[N+](=O)[O-])cc1. The second kappa shape index (κ2) is 5.85. The molecule has 1 N–H and O–H groups in total. The van der Waals surface area contributed by atoms with E-state index < -0.39 is 4.92 Å². The Kier molecular flexibility index (Phi) is 3.96. The molecule has 2 aromatic carbocycles. The Morgan fingerprint density at radius 2 is 1.95 bits per heavy atom. The van der Waals surface area contributed by atoms with Crippen molar-refractivity contribution < 1.29 is 4.92 Å². The summed E-state index contributed by atoms with van der Waals surface area (Å²) < 4.78 is 0. The van der Waals surface area contributed by atoms with Gasteiger partial charge in [0.05, 0.1) is 16.6 Å². The molecule has 2 rings (SSSR count). The highest BCUT2D eigenvalue weighted by molar-refractivity contribution is 5.70. The van der Waals surface area contributed by atoms with Crippen molar-refractivity contribution in [3.05, 3.63) is 63.7 Å². The zero-order chi connectivity index (χ0) is 14.5. The number of benzene rings is 2. The van der Waals surface area contributed by atoms with E-state index in [2.05, 4.69) is 12.2 Å². The fourth-order valence-corrected chi connectivity index (χ4v) is 1.84. The molecule has 0 aliphatic rings. The zero-order valence-electron chi connectivity index (χ0n) is 11.0. The van der Waals surface area contributed by atoms with E-state index in [1.54, 1.807) is 12.1 Å². The molecule has 0 unspecified atom stereocenters. The molecule has 5 heteroatoms. The van der Waals surface area contributed by atoms with Crippen LogP contribution in [0.5, 0.6) is 0 Å². The molecule has 0 atom stereocenters. The normalized spacial score (nSPS) is 9.80. The Labute approximate surface area is 116 Å². The van der Waals surface area contributed by atoms with Crippen LogP contribution in [0.3, 0.4) is 0 Å². The number of nitro benzene ring substituents is 1. The van der Waals surface area contributed by atoms with Crippen LogP contribution in [0.4, 0.5) is 17.1 Å². The predicted octanol–water partition coefficient (Wildman–Crippen LogP) is 3.77. The summed E-state index contributed by atoms with van der Waals surface area (Å²) in [7, 11) is 0. The predicted molar refractivity (Wildman–Crippen MR) is 76.9 cm³/mol. The maximum Gasteiger partial charge on any atom is 0.293 e. The molecular formula is C15H13N3O2. The first-order valence-corrected chi connectivity index (χ1v) is 6.18. The standard InChI is InChI=1S/C15H13N3O2/c1-2-11-3-6-13(7-4-11)17-14-8-5-12(10-16)9-15(14)18(19)20/h3-9,17H,2H2,1H3. The topological polar surface area (TPSA) is 79.0 Å². The number of nitro groups is 1. The monoisotopic (exact) mass is 267 g/mol. The van der Waals surface area contributed by atoms with Gasteiger partial charge in [0.1, 0.15) is 5.69 Å². The van der Waals surface area contributed by atoms with Crippen molar-refractivity contribution in [2.45, 2.75) is 13.3 Å². The Hall–Kier alpha value is -2.87. The summed E-state index contributed by atoms with van der Waals surface area (Å²) in [4.78, 5) is 10.5. The van der Waals surface area contributed by atoms with E-state index >= 15 is 0 Å². The van der Waals surface area contributed by atoms with Gasteiger partial charge in [-0.25, -0.2) is 0 Å². The second-order valence-electron chi connectivity index (χ2n) is 4.28. The van der Waals surface area contributed by atoms with Crippen molar-refractivity contribution >= 4 is 17.1 Å². The van der Waals surface area contributed by atoms with Crippen LogP contribution in [0, 0.1) is 21.4 Å². The van der Waals surface area contributed by atoms with Gasteiger partial charge < -0.3 is 5.32 Å². The highest BCUT2D eigenvalue weighted by atomic mass is 16.6. The quantitative estimate of drug-likeness (QED) is 0.675. The third kappa shape index (κ3) is 2.93. The van der Waals surface area contributed by atoms with Crippen molar-refractivity contribution in [3.63, 3.8) is 0 Å². The van der Waals surface area contributed by atoms with Crippen molar-refractivity contribution in [2.75, 3.05) is 5.32 Å². The minimum atomic E-state index is -0.496. The van der Waals surface area contributed by atoms with Gasteiger partial charge in [-0.3, -0.25) is 10.1 Å². The Balaban J connectivity index is 2.32. The van der Waals surface area contributed by atoms with Crippen LogP contribution in [-0.2, 0) is 6.42 Å². The minimum Gasteiger partial charge on any atom is -0.350 e. The Morgan fingerprint density at radius 1 is 1.25 bits per heavy atom. The summed E-state index contributed by atoms with van der Waals surface area (Å²) in [6.45, 7) is 2.06. The number of nitrogens with one attached hydrogen (secondary N) is 1. The molecule has 0 amide bonds. The highest BCUT2D eigenvalue weighted by Crippen LogP contribution is 2.28. The smallest absolute Gasteiger partial charge is 0.293 e. The molecule has 0 aromatic heterocycles. The van der Waals surface area contributed by atoms with Gasteiger partial charge in [-0.1, -0.05) is 19.1 Å². The fraction of sp³-hybridized carbons (Fsp3) is 0.133. The molecule has 0 spiro atoms. The summed E-state index contributed by atoms with van der Waals surface area (Å²) in [5.41, 5.74) is 2.50. The number of hydrogen-bond acceptors (Lipinski definition) is 4. The molecule has 0 radical (unpaired) electrons. The summed E-state index contributed by atoms with van der Waals surface area (Å²) >= 11 is 0. The van der Waals surface area contributed by atoms with Crippen molar-refractivity contribution in [2.24, 2.45) is 0 Å². The van der Waals surface area contributed by atoms with Gasteiger partial charge in [-0.15, -0.1) is 0 Å². The molecule has 0 heterocycles. The molecule has 2 aromatic rings. The molecule has 0 saturated carbocycles. The lowest BCUT2D eigenvalue weighted by atomic mass is 10.1. The molecule has 0 saturated heterocycles. The molecule has 0 bridgehead atoms. The van der Waals surface area contributed by atoms with Crippen LogP contribution in [0.25, 0.3) is 0 Å². The number of aryl methyl sites for hydroxylation is 1. The molecule has 20 heavy (non-hydrogen) atoms. The van der Waals surface area contributed by atoms with Crippen LogP contribution in [-0.4, -0.2) is 4.92 Å². The van der Waals surface area contributed by atoms with Crippen LogP contribution < -0.4 is 5.32 Å². The maximum atomic E-state index is 11.0. The van der Waals surface area contributed by atoms with E-state index in [-0.39, 0.29) is 11.3 Å². The lowest BCUT2D eigenvalue weighted by molar-refractivity contribution is -0.383. The van der Waals surface area contributed by atoms with Gasteiger partial charge in [0, 0.05) is 11.8 Å². The number of hydrogen-bond donors (Lipinski definition) is 1. The molecular weight excluding hydrogens is 254 g/mol. The number of nitriles is 1. The summed E-state index contributed by atoms with van der Waals surface area (Å²) in [5, 5.41) is 22.8. The van der Waals surface area contributed by atoms with E-state index in [1.807, 2.05) is 30.3 Å². The lowest BCUT2D eigenvalue weighted by Crippen LogP contribution is -1.97. The third-order valence-corrected chi connectivity index (χ3v) is 2.96. The number of rotatable bonds is 4. The van der Waals surface area contributed by atoms with E-state index in [1.165, 1.54) is 11.6 Å². The van der Waals surface area contributed by atoms with Gasteiger partial charge in [-0.2, -0.15) is 5.26 Å². The molecule has 0 aliphatic heterocycles. The Bertz CT molecular complexity index is 673. The summed E-state index contributed by atoms with van der Waals surface area (Å²) in [6, 6.07) is 14.0. The number of nitrogens with zero attached hydrogens (tertiary/aromatic N) is 2. The zero-order valence-corrected chi connectivity index (χ0v) is 11.0. The Morgan fingerprint density at radius 3 is 2.50 bits per heavy atom. The average Bonchev–Trinajstić information content (AvgIpc) is 2.48. The van der Waals surface area contributed by atoms with Crippen molar-refractivity contribution in [1.29, 1.82) is 5.26 Å². The summed E-state index contributed by atoms with van der Waals surface area (Å²) in [5.74, 6) is 0. The van der Waals surface area contributed by atoms with Gasteiger partial charge in [-0.05, 0) is 36.2 Å². The lowest BCUT2D eigenvalue weighted by Gasteiger charge is -2.08. The molecule has 5 nitrogen and oxygen atoms in total. The van der Waals surface area contributed by atoms with Crippen LogP contribution >= 0.6 is 0 Å². The van der Waals surface area contributed by atoms with Gasteiger partial charge in [0.15, 0.2) is 0 Å². The van der Waals surface area contributed by atoms with Crippen LogP contribution in [0.15, 0.2) is 42.5 Å². The van der Waals surface area contributed by atoms with Crippen molar-refractivity contribution in [1.82, 2.24) is 0 Å². The largest absolute Gasteiger partial charge is 0.350 e. The number of anilines is 2. The van der Waals surface area contributed by atoms with Crippen molar-refractivity contribution in [3.8, 4) is 6.07 Å².